The van der Waals surface area contributed by atoms with E-state index in [1.165, 1.54) is 0 Å². The van der Waals surface area contributed by atoms with Gasteiger partial charge in [0.15, 0.2) is 0 Å². The van der Waals surface area contributed by atoms with Gasteiger partial charge in [-0.15, -0.1) is 0 Å². The van der Waals surface area contributed by atoms with Crippen LogP contribution in [0.1, 0.15) is 41.5 Å². The van der Waals surface area contributed by atoms with E-state index >= 15 is 0 Å². The zero-order valence-corrected chi connectivity index (χ0v) is 13.5. The van der Waals surface area contributed by atoms with Crippen molar-refractivity contribution in [1.82, 2.24) is 14.9 Å². The van der Waals surface area contributed by atoms with Gasteiger partial charge in [0.2, 0.25) is 0 Å². The number of aromatic nitrogens is 2. The number of carbonyl (C=O) groups is 2. The van der Waals surface area contributed by atoms with Gasteiger partial charge in [0, 0.05) is 17.6 Å². The van der Waals surface area contributed by atoms with Gasteiger partial charge in [0.25, 0.3) is 5.91 Å². The lowest BCUT2D eigenvalue weighted by molar-refractivity contribution is -0.139. The van der Waals surface area contributed by atoms with Crippen molar-refractivity contribution in [2.45, 2.75) is 39.7 Å². The number of aryl methyl sites for hydroxylation is 1. The van der Waals surface area contributed by atoms with Crippen LogP contribution >= 0.6 is 0 Å². The van der Waals surface area contributed by atoms with E-state index in [2.05, 4.69) is 10.3 Å². The summed E-state index contributed by atoms with van der Waals surface area (Å²) in [6.07, 6.45) is 2.78. The highest BCUT2D eigenvalue weighted by atomic mass is 16.4. The van der Waals surface area contributed by atoms with Crippen LogP contribution in [-0.2, 0) is 4.79 Å². The number of hydrogen-bond donors (Lipinski definition) is 2. The SMILES string of the molecule is CCCC(NC(=O)c1cc(C)n(-c2ccccn2)c1C)C(=O)O. The molecule has 0 spiro atoms. The molecule has 0 aliphatic rings. The normalized spacial score (nSPS) is 12.0. The van der Waals surface area contributed by atoms with E-state index in [1.54, 1.807) is 12.3 Å². The van der Waals surface area contributed by atoms with Gasteiger partial charge in [0.05, 0.1) is 5.56 Å². The average Bonchev–Trinajstić information content (AvgIpc) is 2.82. The number of amides is 1. The van der Waals surface area contributed by atoms with Crippen LogP contribution in [0.4, 0.5) is 0 Å². The van der Waals surface area contributed by atoms with E-state index in [0.29, 0.717) is 18.4 Å². The van der Waals surface area contributed by atoms with E-state index in [4.69, 9.17) is 0 Å². The van der Waals surface area contributed by atoms with Crippen LogP contribution in [0.2, 0.25) is 0 Å². The Kier molecular flexibility index (Phi) is 5.16. The number of nitrogens with one attached hydrogen (secondary N) is 1. The molecule has 2 aromatic heterocycles. The second-order valence-electron chi connectivity index (χ2n) is 5.46. The smallest absolute Gasteiger partial charge is 0.326 e. The number of carboxylic acid groups (broad SMARTS) is 1. The Morgan fingerprint density at radius 3 is 2.65 bits per heavy atom. The Morgan fingerprint density at radius 1 is 1.35 bits per heavy atom. The lowest BCUT2D eigenvalue weighted by Gasteiger charge is -2.13. The fourth-order valence-electron chi connectivity index (χ4n) is 2.61. The molecule has 2 rings (SSSR count). The Labute approximate surface area is 135 Å². The minimum atomic E-state index is -1.02. The van der Waals surface area contributed by atoms with Gasteiger partial charge in [-0.1, -0.05) is 19.4 Å². The number of aliphatic carboxylic acids is 1. The van der Waals surface area contributed by atoms with Crippen molar-refractivity contribution in [3.63, 3.8) is 0 Å². The Bertz CT molecular complexity index is 707. The molecule has 0 radical (unpaired) electrons. The largest absolute Gasteiger partial charge is 0.480 e. The molecule has 0 fully saturated rings. The molecule has 0 aliphatic heterocycles. The van der Waals surface area contributed by atoms with Crippen LogP contribution in [0.15, 0.2) is 30.5 Å². The fraction of sp³-hybridized carbons (Fsp3) is 0.353. The lowest BCUT2D eigenvalue weighted by atomic mass is 10.1. The van der Waals surface area contributed by atoms with Gasteiger partial charge in [-0.25, -0.2) is 9.78 Å². The molecule has 2 heterocycles. The molecule has 2 N–H and O–H groups in total. The molecule has 0 aliphatic carbocycles. The van der Waals surface area contributed by atoms with Gasteiger partial charge in [-0.3, -0.25) is 4.79 Å². The van der Waals surface area contributed by atoms with E-state index < -0.39 is 12.0 Å². The molecule has 23 heavy (non-hydrogen) atoms. The van der Waals surface area contributed by atoms with Crippen molar-refractivity contribution in [3.8, 4) is 5.82 Å². The number of rotatable bonds is 6. The molecule has 0 bridgehead atoms. The molecule has 0 saturated carbocycles. The number of hydrogen-bond acceptors (Lipinski definition) is 3. The van der Waals surface area contributed by atoms with Crippen LogP contribution in [0.25, 0.3) is 5.82 Å². The molecule has 6 nitrogen and oxygen atoms in total. The minimum Gasteiger partial charge on any atom is -0.480 e. The first-order valence-corrected chi connectivity index (χ1v) is 7.59. The maximum atomic E-state index is 12.4. The summed E-state index contributed by atoms with van der Waals surface area (Å²) in [7, 11) is 0. The quantitative estimate of drug-likeness (QED) is 0.857. The van der Waals surface area contributed by atoms with Gasteiger partial charge >= 0.3 is 5.97 Å². The first kappa shape index (κ1) is 16.7. The van der Waals surface area contributed by atoms with Crippen molar-refractivity contribution < 1.29 is 14.7 Å². The molecule has 122 valence electrons. The van der Waals surface area contributed by atoms with Crippen molar-refractivity contribution in [2.75, 3.05) is 0 Å². The summed E-state index contributed by atoms with van der Waals surface area (Å²) >= 11 is 0. The van der Waals surface area contributed by atoms with Gasteiger partial charge in [-0.05, 0) is 38.5 Å². The molecule has 1 unspecified atom stereocenters. The summed E-state index contributed by atoms with van der Waals surface area (Å²) in [5, 5.41) is 11.8. The van der Waals surface area contributed by atoms with Crippen LogP contribution in [0.3, 0.4) is 0 Å². The topological polar surface area (TPSA) is 84.2 Å². The highest BCUT2D eigenvalue weighted by molar-refractivity contribution is 5.98. The number of carbonyl (C=O) groups excluding carboxylic acids is 1. The molecule has 2 aromatic rings. The summed E-state index contributed by atoms with van der Waals surface area (Å²) < 4.78 is 1.88. The Morgan fingerprint density at radius 2 is 2.09 bits per heavy atom. The van der Waals surface area contributed by atoms with Crippen molar-refractivity contribution >= 4 is 11.9 Å². The van der Waals surface area contributed by atoms with Crippen LogP contribution in [-0.4, -0.2) is 32.6 Å². The van der Waals surface area contributed by atoms with Crippen LogP contribution < -0.4 is 5.32 Å². The van der Waals surface area contributed by atoms with E-state index in [-0.39, 0.29) is 5.91 Å². The number of pyridine rings is 1. The van der Waals surface area contributed by atoms with Gasteiger partial charge in [0.1, 0.15) is 11.9 Å². The monoisotopic (exact) mass is 315 g/mol. The first-order valence-electron chi connectivity index (χ1n) is 7.59. The second-order valence-corrected chi connectivity index (χ2v) is 5.46. The summed E-state index contributed by atoms with van der Waals surface area (Å²) in [5.74, 6) is -0.662. The second kappa shape index (κ2) is 7.09. The molecular formula is C17H21N3O3. The summed E-state index contributed by atoms with van der Waals surface area (Å²) in [6.45, 7) is 5.60. The predicted octanol–water partition coefficient (Wildman–Crippen LogP) is 2.47. The summed E-state index contributed by atoms with van der Waals surface area (Å²) in [6, 6.07) is 6.45. The first-order chi connectivity index (χ1) is 11.0. The molecule has 1 atom stereocenters. The third kappa shape index (κ3) is 3.59. The highest BCUT2D eigenvalue weighted by Crippen LogP contribution is 2.19. The highest BCUT2D eigenvalue weighted by Gasteiger charge is 2.23. The van der Waals surface area contributed by atoms with Crippen LogP contribution in [0, 0.1) is 13.8 Å². The average molecular weight is 315 g/mol. The Hall–Kier alpha value is -2.63. The van der Waals surface area contributed by atoms with E-state index in [9.17, 15) is 14.7 Å². The minimum absolute atomic E-state index is 0.374. The standard InChI is InChI=1S/C17H21N3O3/c1-4-7-14(17(22)23)19-16(21)13-10-11(2)20(12(13)3)15-8-5-6-9-18-15/h5-6,8-10,14H,4,7H2,1-3H3,(H,19,21)(H,22,23). The van der Waals surface area contributed by atoms with E-state index in [1.807, 2.05) is 43.5 Å². The van der Waals surface area contributed by atoms with Gasteiger partial charge in [-0.2, -0.15) is 0 Å². The Balaban J connectivity index is 2.31. The molecular weight excluding hydrogens is 294 g/mol. The molecule has 0 saturated heterocycles. The third-order valence-corrected chi connectivity index (χ3v) is 3.73. The summed E-state index contributed by atoms with van der Waals surface area (Å²) in [5.41, 5.74) is 2.07. The maximum Gasteiger partial charge on any atom is 0.326 e. The van der Waals surface area contributed by atoms with Crippen molar-refractivity contribution in [2.24, 2.45) is 0 Å². The van der Waals surface area contributed by atoms with E-state index in [0.717, 1.165) is 17.2 Å². The van der Waals surface area contributed by atoms with Crippen molar-refractivity contribution in [1.29, 1.82) is 0 Å². The predicted molar refractivity (Wildman–Crippen MR) is 86.8 cm³/mol. The third-order valence-electron chi connectivity index (χ3n) is 3.73. The van der Waals surface area contributed by atoms with Gasteiger partial charge < -0.3 is 15.0 Å². The number of nitrogens with zero attached hydrogens (tertiary/aromatic N) is 2. The fourth-order valence-corrected chi connectivity index (χ4v) is 2.61. The molecule has 0 aromatic carbocycles. The lowest BCUT2D eigenvalue weighted by Crippen LogP contribution is -2.40. The maximum absolute atomic E-state index is 12.4. The zero-order valence-electron chi connectivity index (χ0n) is 13.5. The summed E-state index contributed by atoms with van der Waals surface area (Å²) in [4.78, 5) is 27.9. The molecule has 6 heteroatoms. The van der Waals surface area contributed by atoms with Crippen LogP contribution in [0.5, 0.6) is 0 Å². The number of carboxylic acids is 1. The molecule has 1 amide bonds. The van der Waals surface area contributed by atoms with Crippen molar-refractivity contribution in [3.05, 3.63) is 47.4 Å². The zero-order chi connectivity index (χ0) is 17.0.